The van der Waals surface area contributed by atoms with Crippen LogP contribution in [-0.2, 0) is 57.8 Å². The lowest BCUT2D eigenvalue weighted by Gasteiger charge is -2.42. The predicted octanol–water partition coefficient (Wildman–Crippen LogP) is 6.71. The lowest BCUT2D eigenvalue weighted by molar-refractivity contribution is -0.265. The number of hydrogen-bond donors (Lipinski definition) is 3. The summed E-state index contributed by atoms with van der Waals surface area (Å²) in [5.74, 6) is -7.64. The van der Waals surface area contributed by atoms with E-state index in [9.17, 15) is 42.6 Å². The van der Waals surface area contributed by atoms with E-state index in [0.717, 1.165) is 16.3 Å². The molecule has 0 aromatic carbocycles. The Kier molecular flexibility index (Phi) is 23.9. The molecule has 2 bridgehead atoms. The maximum atomic E-state index is 14.6. The quantitative estimate of drug-likeness (QED) is 0.124. The molecular formula is C55H87N3O15S. The fourth-order valence-corrected chi connectivity index (χ4v) is 11.2. The second-order valence-electron chi connectivity index (χ2n) is 21.5. The number of ketones is 2. The van der Waals surface area contributed by atoms with E-state index in [1.165, 1.54) is 33.2 Å². The van der Waals surface area contributed by atoms with E-state index >= 15 is 0 Å². The zero-order valence-corrected chi connectivity index (χ0v) is 46.8. The molecule has 18 nitrogen and oxygen atoms in total. The molecule has 418 valence electrons. The summed E-state index contributed by atoms with van der Waals surface area (Å²) in [4.78, 5) is 71.4. The standard InChI is InChI=1S/C55H87N3O15S/c1-33-19-15-14-16-20-34(2)46(68-11)31-42-24-22-39(7)55(65,73-42)51(61)52(62)58-26-18-17-21-43(58)53(63)71-47(32-44(59)36(4)28-38(6)49(60)50(70-13)40(8)35(3)27-33)37(5)29-41-23-25-45(48(30-41)69-12)72-54(64)56-74(66,67)57(9)10/h14-16,19-20,28,33,35-37,39,41-43,45-50,60,65H,8,17-18,21-27,29-32H2,1-7,9-13H3,(H,56,64)/b16-14+,19-15+,34-20+,38-28+/t33-,35-,36-,37-,39-,41+,42+,43+,45-,46+,47+,48-,49-,50+,55-/m1/s1. The lowest BCUT2D eigenvalue weighted by Crippen LogP contribution is -2.61. The molecule has 74 heavy (non-hydrogen) atoms. The van der Waals surface area contributed by atoms with Crippen molar-refractivity contribution in [1.29, 1.82) is 0 Å². The monoisotopic (exact) mass is 1060 g/mol. The van der Waals surface area contributed by atoms with Gasteiger partial charge in [-0.05, 0) is 118 Å². The summed E-state index contributed by atoms with van der Waals surface area (Å²) < 4.78 is 62.7. The van der Waals surface area contributed by atoms with Gasteiger partial charge in [0, 0.05) is 66.6 Å². The van der Waals surface area contributed by atoms with Gasteiger partial charge in [-0.2, -0.15) is 12.7 Å². The van der Waals surface area contributed by atoms with Gasteiger partial charge in [0.25, 0.3) is 11.7 Å². The maximum absolute atomic E-state index is 14.6. The molecule has 3 N–H and O–H groups in total. The van der Waals surface area contributed by atoms with Gasteiger partial charge in [0.2, 0.25) is 5.79 Å². The van der Waals surface area contributed by atoms with E-state index in [0.29, 0.717) is 68.9 Å². The van der Waals surface area contributed by atoms with Crippen molar-refractivity contribution in [2.24, 2.45) is 35.5 Å². The van der Waals surface area contributed by atoms with Crippen molar-refractivity contribution in [2.75, 3.05) is 42.0 Å². The van der Waals surface area contributed by atoms with Crippen LogP contribution in [0.3, 0.4) is 0 Å². The van der Waals surface area contributed by atoms with Crippen molar-refractivity contribution >= 4 is 39.7 Å². The van der Waals surface area contributed by atoms with Crippen LogP contribution >= 0.6 is 0 Å². The van der Waals surface area contributed by atoms with Gasteiger partial charge in [-0.1, -0.05) is 77.7 Å². The number of rotatable bonds is 9. The van der Waals surface area contributed by atoms with Crippen LogP contribution in [0.15, 0.2) is 59.8 Å². The number of nitrogens with one attached hydrogen (secondary N) is 1. The molecule has 2 saturated heterocycles. The zero-order chi connectivity index (χ0) is 55.2. The molecule has 0 unspecified atom stereocenters. The maximum Gasteiger partial charge on any atom is 0.422 e. The van der Waals surface area contributed by atoms with Crippen molar-refractivity contribution in [1.82, 2.24) is 13.9 Å². The van der Waals surface area contributed by atoms with Gasteiger partial charge in [0.15, 0.2) is 0 Å². The Morgan fingerprint density at radius 1 is 0.919 bits per heavy atom. The third-order valence-electron chi connectivity index (χ3n) is 15.6. The van der Waals surface area contributed by atoms with Crippen LogP contribution in [0.2, 0.25) is 0 Å². The first kappa shape index (κ1) is 62.5. The molecular weight excluding hydrogens is 975 g/mol. The molecule has 0 radical (unpaired) electrons. The minimum Gasteiger partial charge on any atom is -0.460 e. The van der Waals surface area contributed by atoms with Gasteiger partial charge in [0.1, 0.15) is 36.2 Å². The first-order valence-electron chi connectivity index (χ1n) is 26.3. The Labute approximate surface area is 440 Å². The van der Waals surface area contributed by atoms with Crippen LogP contribution in [0.4, 0.5) is 4.79 Å². The third kappa shape index (κ3) is 16.7. The number of carbonyl (C=O) groups excluding carboxylic acids is 5. The average Bonchev–Trinajstić information content (AvgIpc) is 3.35. The fourth-order valence-electron chi connectivity index (χ4n) is 10.7. The second kappa shape index (κ2) is 28.3. The molecule has 19 heteroatoms. The Hall–Kier alpha value is -4.08. The molecule has 0 aromatic rings. The minimum atomic E-state index is -4.09. The van der Waals surface area contributed by atoms with Crippen LogP contribution in [0.25, 0.3) is 0 Å². The summed E-state index contributed by atoms with van der Waals surface area (Å²) in [5.41, 5.74) is 2.09. The summed E-state index contributed by atoms with van der Waals surface area (Å²) in [6.45, 7) is 17.4. The number of ether oxygens (including phenoxy) is 6. The first-order valence-corrected chi connectivity index (χ1v) is 27.8. The van der Waals surface area contributed by atoms with Crippen molar-refractivity contribution in [2.45, 2.75) is 180 Å². The van der Waals surface area contributed by atoms with Crippen LogP contribution < -0.4 is 4.72 Å². The van der Waals surface area contributed by atoms with E-state index in [1.54, 1.807) is 34.0 Å². The van der Waals surface area contributed by atoms with Gasteiger partial charge < -0.3 is 43.5 Å². The molecule has 0 aromatic heterocycles. The number of cyclic esters (lactones) is 1. The highest BCUT2D eigenvalue weighted by atomic mass is 32.2. The molecule has 3 aliphatic heterocycles. The molecule has 4 rings (SSSR count). The molecule has 15 atom stereocenters. The van der Waals surface area contributed by atoms with Gasteiger partial charge in [-0.25, -0.2) is 14.3 Å². The number of hydrogen-bond acceptors (Lipinski definition) is 15. The van der Waals surface area contributed by atoms with Gasteiger partial charge in [-0.15, -0.1) is 0 Å². The summed E-state index contributed by atoms with van der Waals surface area (Å²) in [5, 5.41) is 23.7. The number of aliphatic hydroxyl groups excluding tert-OH is 1. The summed E-state index contributed by atoms with van der Waals surface area (Å²) in [6, 6.07) is -1.19. The Bertz CT molecular complexity index is 2190. The number of aliphatic hydroxyl groups is 2. The highest BCUT2D eigenvalue weighted by Crippen LogP contribution is 2.38. The number of methoxy groups -OCH3 is 3. The number of piperidine rings is 1. The van der Waals surface area contributed by atoms with Crippen LogP contribution in [0, 0.1) is 35.5 Å². The third-order valence-corrected chi connectivity index (χ3v) is 17.0. The molecule has 0 spiro atoms. The second-order valence-corrected chi connectivity index (χ2v) is 23.4. The number of fused-ring (bicyclic) bond motifs is 3. The molecule has 3 heterocycles. The number of carbonyl (C=O) groups is 5. The Morgan fingerprint density at radius 2 is 1.62 bits per heavy atom. The highest BCUT2D eigenvalue weighted by Gasteiger charge is 2.53. The normalized spacial score (nSPS) is 37.1. The Balaban J connectivity index is 1.68. The van der Waals surface area contributed by atoms with Crippen LogP contribution in [0.1, 0.15) is 126 Å². The van der Waals surface area contributed by atoms with Crippen molar-refractivity contribution in [3.05, 3.63) is 59.8 Å². The van der Waals surface area contributed by atoms with Crippen molar-refractivity contribution in [3.8, 4) is 0 Å². The van der Waals surface area contributed by atoms with E-state index in [4.69, 9.17) is 28.4 Å². The van der Waals surface area contributed by atoms with Crippen LogP contribution in [-0.4, -0.2) is 154 Å². The molecule has 1 aliphatic carbocycles. The lowest BCUT2D eigenvalue weighted by atomic mass is 9.78. The van der Waals surface area contributed by atoms with E-state index in [-0.39, 0.29) is 42.9 Å². The SMILES string of the molecule is C=C1[C@H](C)C[C@H](C)/C=C/C=C/C=C(\C)[C@@H](OC)C[C@@H]2CC[C@@H](C)[C@@](O)(O2)C(=O)C(=O)N2CCCC[C@H]2C(=O)O[C@H]([C@H](C)C[C@@H]2CC[C@@H](OC(=O)NS(=O)(=O)N(C)C)[C@H](OC)C2)CC(=O)[C@H](C)/C=C(\C)[C@@H](O)[C@H]1OC. The fraction of sp³-hybridized carbons (Fsp3) is 0.727. The smallest absolute Gasteiger partial charge is 0.422 e. The summed E-state index contributed by atoms with van der Waals surface area (Å²) in [7, 11) is 3.02. The number of nitrogens with zero attached hydrogens (tertiary/aromatic N) is 2. The predicted molar refractivity (Wildman–Crippen MR) is 279 cm³/mol. The number of amides is 2. The number of allylic oxidation sites excluding steroid dienone is 6. The van der Waals surface area contributed by atoms with Gasteiger partial charge in [0.05, 0.1) is 18.3 Å². The van der Waals surface area contributed by atoms with E-state index < -0.39 is 106 Å². The molecule has 1 saturated carbocycles. The van der Waals surface area contributed by atoms with Crippen molar-refractivity contribution < 1.29 is 71.0 Å². The topological polar surface area (TPSA) is 234 Å². The minimum absolute atomic E-state index is 0.0378. The van der Waals surface area contributed by atoms with Crippen molar-refractivity contribution in [3.63, 3.8) is 0 Å². The number of esters is 1. The molecule has 2 amide bonds. The van der Waals surface area contributed by atoms with Gasteiger partial charge >= 0.3 is 22.3 Å². The largest absolute Gasteiger partial charge is 0.460 e. The molecule has 4 aliphatic rings. The van der Waals surface area contributed by atoms with E-state index in [2.05, 4.69) is 19.6 Å². The first-order chi connectivity index (χ1) is 34.8. The molecule has 3 fully saturated rings. The summed E-state index contributed by atoms with van der Waals surface area (Å²) >= 11 is 0. The number of Topliss-reactive ketones (excluding diaryl/α,β-unsaturated/α-hetero) is 2. The van der Waals surface area contributed by atoms with Gasteiger partial charge in [-0.3, -0.25) is 14.4 Å². The summed E-state index contributed by atoms with van der Waals surface area (Å²) in [6.07, 6.45) is 9.74. The Morgan fingerprint density at radius 3 is 2.27 bits per heavy atom. The average molecular weight is 1060 g/mol. The highest BCUT2D eigenvalue weighted by molar-refractivity contribution is 7.87. The van der Waals surface area contributed by atoms with Crippen LogP contribution in [0.5, 0.6) is 0 Å². The van der Waals surface area contributed by atoms with E-state index in [1.807, 2.05) is 49.8 Å². The zero-order valence-electron chi connectivity index (χ0n) is 46.0.